The van der Waals surface area contributed by atoms with E-state index < -0.39 is 0 Å². The molecule has 0 amide bonds. The molecule has 0 aliphatic carbocycles. The normalized spacial score (nSPS) is 21.6. The standard InChI is InChI=1S/C8H18O3.C6H12O3/c1-3-9-5-7-11-8-6-10-4-2;1-7-5-3-4-6(8-2)9-5/h3-8H2,1-2H3;5-6H,3-4H2,1-2H3. The van der Waals surface area contributed by atoms with Crippen LogP contribution in [0.5, 0.6) is 0 Å². The largest absolute Gasteiger partial charge is 0.379 e. The zero-order chi connectivity index (χ0) is 15.1. The van der Waals surface area contributed by atoms with Gasteiger partial charge >= 0.3 is 0 Å². The number of hydrogen-bond acceptors (Lipinski definition) is 6. The van der Waals surface area contributed by atoms with Gasteiger partial charge in [0.25, 0.3) is 0 Å². The maximum atomic E-state index is 5.22. The van der Waals surface area contributed by atoms with E-state index in [-0.39, 0.29) is 12.6 Å². The van der Waals surface area contributed by atoms with Crippen molar-refractivity contribution >= 4 is 0 Å². The Balaban J connectivity index is 0.000000367. The molecule has 6 heteroatoms. The van der Waals surface area contributed by atoms with Crippen molar-refractivity contribution in [3.63, 3.8) is 0 Å². The average Bonchev–Trinajstić information content (AvgIpc) is 2.95. The SMILES string of the molecule is CCOCCOCCOCC.COC1CCC(OC)O1. The average molecular weight is 294 g/mol. The molecule has 0 radical (unpaired) electrons. The molecule has 20 heavy (non-hydrogen) atoms. The highest BCUT2D eigenvalue weighted by molar-refractivity contribution is 4.58. The van der Waals surface area contributed by atoms with Crippen LogP contribution in [0.25, 0.3) is 0 Å². The summed E-state index contributed by atoms with van der Waals surface area (Å²) >= 11 is 0. The predicted octanol–water partition coefficient (Wildman–Crippen LogP) is 1.82. The van der Waals surface area contributed by atoms with Crippen molar-refractivity contribution in [3.05, 3.63) is 0 Å². The van der Waals surface area contributed by atoms with Gasteiger partial charge in [-0.1, -0.05) is 0 Å². The first-order valence-electron chi connectivity index (χ1n) is 7.22. The van der Waals surface area contributed by atoms with E-state index in [0.717, 1.165) is 26.1 Å². The van der Waals surface area contributed by atoms with E-state index in [9.17, 15) is 0 Å². The molecular weight excluding hydrogens is 264 g/mol. The van der Waals surface area contributed by atoms with Crippen LogP contribution in [0.1, 0.15) is 26.7 Å². The minimum Gasteiger partial charge on any atom is -0.379 e. The van der Waals surface area contributed by atoms with Gasteiger partial charge in [0.2, 0.25) is 0 Å². The van der Waals surface area contributed by atoms with Crippen molar-refractivity contribution in [1.29, 1.82) is 0 Å². The molecule has 6 nitrogen and oxygen atoms in total. The second-order valence-electron chi connectivity index (χ2n) is 4.05. The van der Waals surface area contributed by atoms with Crippen LogP contribution in [-0.4, -0.2) is 66.4 Å². The molecule has 0 aromatic heterocycles. The summed E-state index contributed by atoms with van der Waals surface area (Å²) in [5, 5.41) is 0. The molecule has 0 aromatic carbocycles. The van der Waals surface area contributed by atoms with Crippen LogP contribution in [0.2, 0.25) is 0 Å². The van der Waals surface area contributed by atoms with Gasteiger partial charge in [-0.3, -0.25) is 0 Å². The zero-order valence-electron chi connectivity index (χ0n) is 13.3. The third-order valence-electron chi connectivity index (χ3n) is 2.62. The molecule has 1 aliphatic heterocycles. The van der Waals surface area contributed by atoms with Crippen LogP contribution >= 0.6 is 0 Å². The monoisotopic (exact) mass is 294 g/mol. The van der Waals surface area contributed by atoms with Crippen LogP contribution in [0, 0.1) is 0 Å². The van der Waals surface area contributed by atoms with Crippen molar-refractivity contribution in [3.8, 4) is 0 Å². The fourth-order valence-corrected chi connectivity index (χ4v) is 1.55. The van der Waals surface area contributed by atoms with Crippen LogP contribution in [0.3, 0.4) is 0 Å². The van der Waals surface area contributed by atoms with E-state index in [4.69, 9.17) is 28.4 Å². The second-order valence-corrected chi connectivity index (χ2v) is 4.05. The third-order valence-corrected chi connectivity index (χ3v) is 2.62. The molecule has 122 valence electrons. The van der Waals surface area contributed by atoms with Crippen molar-refractivity contribution in [2.75, 3.05) is 53.9 Å². The zero-order valence-corrected chi connectivity index (χ0v) is 13.3. The molecule has 0 bridgehead atoms. The van der Waals surface area contributed by atoms with Crippen LogP contribution in [-0.2, 0) is 28.4 Å². The molecule has 1 fully saturated rings. The Morgan fingerprint density at radius 1 is 0.750 bits per heavy atom. The first-order valence-corrected chi connectivity index (χ1v) is 7.22. The molecule has 1 saturated heterocycles. The highest BCUT2D eigenvalue weighted by atomic mass is 16.8. The van der Waals surface area contributed by atoms with Gasteiger partial charge in [0.05, 0.1) is 26.4 Å². The van der Waals surface area contributed by atoms with Gasteiger partial charge in [0, 0.05) is 40.3 Å². The van der Waals surface area contributed by atoms with Gasteiger partial charge in [-0.25, -0.2) is 0 Å². The van der Waals surface area contributed by atoms with Gasteiger partial charge < -0.3 is 28.4 Å². The van der Waals surface area contributed by atoms with Gasteiger partial charge in [-0.05, 0) is 13.8 Å². The summed E-state index contributed by atoms with van der Waals surface area (Å²) in [4.78, 5) is 0. The van der Waals surface area contributed by atoms with Crippen LogP contribution in [0.15, 0.2) is 0 Å². The molecule has 2 unspecified atom stereocenters. The van der Waals surface area contributed by atoms with Gasteiger partial charge in [-0.2, -0.15) is 0 Å². The highest BCUT2D eigenvalue weighted by Gasteiger charge is 2.23. The molecule has 1 rings (SSSR count). The quantitative estimate of drug-likeness (QED) is 0.573. The number of hydrogen-bond donors (Lipinski definition) is 0. The second kappa shape index (κ2) is 15.2. The summed E-state index contributed by atoms with van der Waals surface area (Å²) in [5.41, 5.74) is 0. The fourth-order valence-electron chi connectivity index (χ4n) is 1.55. The van der Waals surface area contributed by atoms with E-state index in [1.54, 1.807) is 14.2 Å². The fraction of sp³-hybridized carbons (Fsp3) is 1.00. The highest BCUT2D eigenvalue weighted by Crippen LogP contribution is 2.19. The number of ether oxygens (including phenoxy) is 6. The summed E-state index contributed by atoms with van der Waals surface area (Å²) in [6.07, 6.45) is 1.79. The lowest BCUT2D eigenvalue weighted by Crippen LogP contribution is -2.13. The minimum absolute atomic E-state index is 0.0463. The molecule has 1 aliphatic rings. The molecule has 0 spiro atoms. The van der Waals surface area contributed by atoms with E-state index in [1.807, 2.05) is 13.8 Å². The Morgan fingerprint density at radius 3 is 1.45 bits per heavy atom. The van der Waals surface area contributed by atoms with Crippen LogP contribution in [0.4, 0.5) is 0 Å². The van der Waals surface area contributed by atoms with E-state index in [2.05, 4.69) is 0 Å². The van der Waals surface area contributed by atoms with E-state index in [0.29, 0.717) is 26.4 Å². The Bertz CT molecular complexity index is 173. The van der Waals surface area contributed by atoms with E-state index >= 15 is 0 Å². The maximum absolute atomic E-state index is 5.22. The van der Waals surface area contributed by atoms with E-state index in [1.165, 1.54) is 0 Å². The Kier molecular flexibility index (Phi) is 15.0. The van der Waals surface area contributed by atoms with Crippen molar-refractivity contribution in [2.24, 2.45) is 0 Å². The Labute approximate surface area is 122 Å². The van der Waals surface area contributed by atoms with Gasteiger partial charge in [0.1, 0.15) is 0 Å². The van der Waals surface area contributed by atoms with Crippen LogP contribution < -0.4 is 0 Å². The summed E-state index contributed by atoms with van der Waals surface area (Å²) in [7, 11) is 3.28. The topological polar surface area (TPSA) is 55.4 Å². The summed E-state index contributed by atoms with van der Waals surface area (Å²) in [6.45, 7) is 8.16. The first kappa shape index (κ1) is 19.8. The minimum atomic E-state index is -0.0463. The summed E-state index contributed by atoms with van der Waals surface area (Å²) < 4.78 is 30.4. The summed E-state index contributed by atoms with van der Waals surface area (Å²) in [6, 6.07) is 0. The first-order chi connectivity index (χ1) is 9.78. The third kappa shape index (κ3) is 11.6. The van der Waals surface area contributed by atoms with Crippen molar-refractivity contribution in [2.45, 2.75) is 39.3 Å². The summed E-state index contributed by atoms with van der Waals surface area (Å²) in [5.74, 6) is 0. The lowest BCUT2D eigenvalue weighted by atomic mass is 10.3. The van der Waals surface area contributed by atoms with Crippen molar-refractivity contribution in [1.82, 2.24) is 0 Å². The molecular formula is C14H30O6. The molecule has 1 heterocycles. The Morgan fingerprint density at radius 2 is 1.15 bits per heavy atom. The molecule has 0 aromatic rings. The van der Waals surface area contributed by atoms with Crippen molar-refractivity contribution < 1.29 is 28.4 Å². The van der Waals surface area contributed by atoms with Gasteiger partial charge in [-0.15, -0.1) is 0 Å². The lowest BCUT2D eigenvalue weighted by Gasteiger charge is -2.09. The smallest absolute Gasteiger partial charge is 0.160 e. The predicted molar refractivity (Wildman–Crippen MR) is 75.7 cm³/mol. The maximum Gasteiger partial charge on any atom is 0.160 e. The molecule has 0 N–H and O–H groups in total. The lowest BCUT2D eigenvalue weighted by molar-refractivity contribution is -0.185. The number of methoxy groups -OCH3 is 2. The molecule has 0 saturated carbocycles. The Hall–Kier alpha value is -0.240. The number of rotatable bonds is 10. The van der Waals surface area contributed by atoms with Gasteiger partial charge in [0.15, 0.2) is 12.6 Å². The molecule has 2 atom stereocenters.